The van der Waals surface area contributed by atoms with E-state index in [9.17, 15) is 0 Å². The van der Waals surface area contributed by atoms with Crippen LogP contribution in [0.1, 0.15) is 51.9 Å². The normalized spacial score (nSPS) is 32.6. The van der Waals surface area contributed by atoms with Crippen LogP contribution in [0.15, 0.2) is 0 Å². The van der Waals surface area contributed by atoms with Crippen LogP contribution in [0.2, 0.25) is 0 Å². The van der Waals surface area contributed by atoms with Gasteiger partial charge in [0, 0.05) is 12.1 Å². The van der Waals surface area contributed by atoms with Crippen molar-refractivity contribution in [1.82, 2.24) is 5.32 Å². The summed E-state index contributed by atoms with van der Waals surface area (Å²) in [5.41, 5.74) is 0.627. The van der Waals surface area contributed by atoms with Gasteiger partial charge in [-0.15, -0.1) is 0 Å². The molecule has 0 bridgehead atoms. The van der Waals surface area contributed by atoms with E-state index in [1.165, 1.54) is 44.9 Å². The topological polar surface area (TPSA) is 32.3 Å². The molecule has 0 aromatic rings. The number of aliphatic hydroxyl groups excluding tert-OH is 1. The Morgan fingerprint density at radius 3 is 2.50 bits per heavy atom. The van der Waals surface area contributed by atoms with Gasteiger partial charge in [-0.25, -0.2) is 0 Å². The summed E-state index contributed by atoms with van der Waals surface area (Å²) in [6, 6.07) is 0.976. The Morgan fingerprint density at radius 1 is 1.29 bits per heavy atom. The zero-order valence-electron chi connectivity index (χ0n) is 9.26. The van der Waals surface area contributed by atoms with Gasteiger partial charge in [0.25, 0.3) is 0 Å². The molecule has 0 radical (unpaired) electrons. The van der Waals surface area contributed by atoms with Crippen LogP contribution in [0, 0.1) is 5.41 Å². The maximum atomic E-state index is 9.03. The summed E-state index contributed by atoms with van der Waals surface area (Å²) < 4.78 is 0. The molecule has 2 saturated carbocycles. The lowest BCUT2D eigenvalue weighted by Crippen LogP contribution is -2.57. The molecule has 2 heteroatoms. The van der Waals surface area contributed by atoms with Gasteiger partial charge in [0.05, 0.1) is 6.61 Å². The summed E-state index contributed by atoms with van der Waals surface area (Å²) in [5.74, 6) is 0. The van der Waals surface area contributed by atoms with E-state index < -0.39 is 0 Å². The lowest BCUT2D eigenvalue weighted by atomic mass is 9.57. The molecule has 2 rings (SSSR count). The second-order valence-corrected chi connectivity index (χ2v) is 5.26. The zero-order chi connectivity index (χ0) is 10.0. The molecule has 2 fully saturated rings. The Hall–Kier alpha value is -0.0800. The van der Waals surface area contributed by atoms with Crippen LogP contribution in [-0.2, 0) is 0 Å². The Labute approximate surface area is 87.1 Å². The molecule has 0 heterocycles. The van der Waals surface area contributed by atoms with E-state index in [4.69, 9.17) is 5.11 Å². The molecule has 1 spiro atoms. The van der Waals surface area contributed by atoms with Crippen molar-refractivity contribution in [1.29, 1.82) is 0 Å². The molecule has 2 unspecified atom stereocenters. The van der Waals surface area contributed by atoms with Crippen molar-refractivity contribution in [3.05, 3.63) is 0 Å². The molecule has 0 aromatic heterocycles. The molecule has 0 amide bonds. The van der Waals surface area contributed by atoms with E-state index in [0.717, 1.165) is 0 Å². The third-order valence-corrected chi connectivity index (χ3v) is 4.28. The van der Waals surface area contributed by atoms with Crippen LogP contribution in [0.4, 0.5) is 0 Å². The lowest BCUT2D eigenvalue weighted by molar-refractivity contribution is 0.0134. The fourth-order valence-corrected chi connectivity index (χ4v) is 3.21. The van der Waals surface area contributed by atoms with Crippen molar-refractivity contribution in [2.75, 3.05) is 6.61 Å². The monoisotopic (exact) mass is 197 g/mol. The molecule has 82 valence electrons. The number of aliphatic hydroxyl groups is 1. The third-order valence-electron chi connectivity index (χ3n) is 4.28. The lowest BCUT2D eigenvalue weighted by Gasteiger charge is -2.53. The Morgan fingerprint density at radius 2 is 2.00 bits per heavy atom. The largest absolute Gasteiger partial charge is 0.395 e. The van der Waals surface area contributed by atoms with Crippen molar-refractivity contribution < 1.29 is 5.11 Å². The number of hydrogen-bond acceptors (Lipinski definition) is 2. The molecular weight excluding hydrogens is 174 g/mol. The van der Waals surface area contributed by atoms with Gasteiger partial charge in [0.2, 0.25) is 0 Å². The predicted molar refractivity (Wildman–Crippen MR) is 58.2 cm³/mol. The highest BCUT2D eigenvalue weighted by Gasteiger charge is 2.46. The van der Waals surface area contributed by atoms with Crippen molar-refractivity contribution in [2.45, 2.75) is 64.0 Å². The third kappa shape index (κ3) is 1.82. The summed E-state index contributed by atoms with van der Waals surface area (Å²) in [6.45, 7) is 2.35. The highest BCUT2D eigenvalue weighted by molar-refractivity contribution is 5.02. The Kier molecular flexibility index (Phi) is 3.13. The summed E-state index contributed by atoms with van der Waals surface area (Å²) >= 11 is 0. The van der Waals surface area contributed by atoms with Crippen LogP contribution in [0.5, 0.6) is 0 Å². The molecule has 0 saturated heterocycles. The first-order valence-corrected chi connectivity index (χ1v) is 6.14. The summed E-state index contributed by atoms with van der Waals surface area (Å²) in [6.07, 6.45) is 9.86. The first-order valence-electron chi connectivity index (χ1n) is 6.14. The highest BCUT2D eigenvalue weighted by atomic mass is 16.3. The van der Waals surface area contributed by atoms with Gasteiger partial charge in [-0.05, 0) is 38.0 Å². The molecule has 2 N–H and O–H groups in total. The average molecular weight is 197 g/mol. The summed E-state index contributed by atoms with van der Waals surface area (Å²) in [4.78, 5) is 0. The second-order valence-electron chi connectivity index (χ2n) is 5.26. The van der Waals surface area contributed by atoms with E-state index >= 15 is 0 Å². The molecule has 2 nitrogen and oxygen atoms in total. The van der Waals surface area contributed by atoms with E-state index in [-0.39, 0.29) is 12.6 Å². The standard InChI is InChI=1S/C12H23NO/c1-10(9-14)13-11-5-8-12(11)6-3-2-4-7-12/h10-11,13-14H,2-9H2,1H3. The molecule has 2 aliphatic carbocycles. The van der Waals surface area contributed by atoms with Crippen molar-refractivity contribution >= 4 is 0 Å². The van der Waals surface area contributed by atoms with E-state index in [2.05, 4.69) is 12.2 Å². The number of hydrogen-bond donors (Lipinski definition) is 2. The van der Waals surface area contributed by atoms with Crippen LogP contribution in [0.3, 0.4) is 0 Å². The fraction of sp³-hybridized carbons (Fsp3) is 1.00. The second kappa shape index (κ2) is 4.19. The quantitative estimate of drug-likeness (QED) is 0.726. The van der Waals surface area contributed by atoms with E-state index in [1.54, 1.807) is 0 Å². The maximum absolute atomic E-state index is 9.03. The molecule has 0 aromatic carbocycles. The van der Waals surface area contributed by atoms with Gasteiger partial charge >= 0.3 is 0 Å². The molecule has 2 atom stereocenters. The molecule has 0 aliphatic heterocycles. The van der Waals surface area contributed by atoms with Gasteiger partial charge in [-0.1, -0.05) is 19.3 Å². The van der Waals surface area contributed by atoms with E-state index in [1.807, 2.05) is 0 Å². The zero-order valence-corrected chi connectivity index (χ0v) is 9.26. The maximum Gasteiger partial charge on any atom is 0.0582 e. The Balaban J connectivity index is 1.87. The van der Waals surface area contributed by atoms with Crippen LogP contribution in [0.25, 0.3) is 0 Å². The van der Waals surface area contributed by atoms with Crippen molar-refractivity contribution in [3.63, 3.8) is 0 Å². The summed E-state index contributed by atoms with van der Waals surface area (Å²) in [7, 11) is 0. The predicted octanol–water partition coefficient (Wildman–Crippen LogP) is 2.07. The Bertz CT molecular complexity index is 187. The van der Waals surface area contributed by atoms with Gasteiger partial charge in [-0.2, -0.15) is 0 Å². The van der Waals surface area contributed by atoms with Crippen LogP contribution >= 0.6 is 0 Å². The SMILES string of the molecule is CC(CO)NC1CCC12CCCCC2. The average Bonchev–Trinajstić information content (AvgIpc) is 2.25. The fourth-order valence-electron chi connectivity index (χ4n) is 3.21. The van der Waals surface area contributed by atoms with Crippen molar-refractivity contribution in [3.8, 4) is 0 Å². The minimum absolute atomic E-state index is 0.270. The first-order chi connectivity index (χ1) is 6.77. The van der Waals surface area contributed by atoms with Gasteiger partial charge in [0.1, 0.15) is 0 Å². The van der Waals surface area contributed by atoms with Gasteiger partial charge in [0.15, 0.2) is 0 Å². The number of rotatable bonds is 3. The minimum atomic E-state index is 0.270. The first kappa shape index (κ1) is 10.4. The number of nitrogens with one attached hydrogen (secondary N) is 1. The van der Waals surface area contributed by atoms with Gasteiger partial charge in [-0.3, -0.25) is 0 Å². The smallest absolute Gasteiger partial charge is 0.0582 e. The van der Waals surface area contributed by atoms with Crippen LogP contribution in [-0.4, -0.2) is 23.8 Å². The highest BCUT2D eigenvalue weighted by Crippen LogP contribution is 2.51. The van der Waals surface area contributed by atoms with Crippen LogP contribution < -0.4 is 5.32 Å². The molecule has 14 heavy (non-hydrogen) atoms. The van der Waals surface area contributed by atoms with E-state index in [0.29, 0.717) is 11.5 Å². The van der Waals surface area contributed by atoms with Crippen molar-refractivity contribution in [2.24, 2.45) is 5.41 Å². The minimum Gasteiger partial charge on any atom is -0.395 e. The molecular formula is C12H23NO. The van der Waals surface area contributed by atoms with Gasteiger partial charge < -0.3 is 10.4 Å². The molecule has 2 aliphatic rings. The summed E-state index contributed by atoms with van der Waals surface area (Å²) in [5, 5.41) is 12.6.